The van der Waals surface area contributed by atoms with E-state index in [1.807, 2.05) is 4.90 Å². The van der Waals surface area contributed by atoms with Gasteiger partial charge in [-0.15, -0.1) is 0 Å². The number of rotatable bonds is 5. The summed E-state index contributed by atoms with van der Waals surface area (Å²) in [5.41, 5.74) is 1.16. The Hall–Kier alpha value is -3.23. The van der Waals surface area contributed by atoms with Crippen molar-refractivity contribution in [1.82, 2.24) is 29.6 Å². The van der Waals surface area contributed by atoms with Crippen LogP contribution in [-0.4, -0.2) is 55.7 Å². The van der Waals surface area contributed by atoms with Crippen molar-refractivity contribution in [3.8, 4) is 0 Å². The molecular weight excluding hydrogens is 372 g/mol. The van der Waals surface area contributed by atoms with Gasteiger partial charge in [-0.05, 0) is 31.1 Å². The smallest absolute Gasteiger partial charge is 0.291 e. The van der Waals surface area contributed by atoms with Gasteiger partial charge >= 0.3 is 0 Å². The molecule has 0 unspecified atom stereocenters. The van der Waals surface area contributed by atoms with Gasteiger partial charge < -0.3 is 14.6 Å². The SMILES string of the molecule is Cc1nc(C)c(C(=O)N2C[C@@H]3[C@@H](CCNC(=O)c4cnc5nccn5c4)[C@@H]3C2)o1. The third kappa shape index (κ3) is 3.16. The first-order valence-electron chi connectivity index (χ1n) is 9.81. The first kappa shape index (κ1) is 17.8. The molecule has 2 fully saturated rings. The van der Waals surface area contributed by atoms with Gasteiger partial charge in [-0.1, -0.05) is 0 Å². The Kier molecular flexibility index (Phi) is 4.11. The number of carbonyl (C=O) groups is 2. The number of aryl methyl sites for hydroxylation is 2. The van der Waals surface area contributed by atoms with Crippen molar-refractivity contribution in [3.63, 3.8) is 0 Å². The van der Waals surface area contributed by atoms with Crippen LogP contribution in [0.5, 0.6) is 0 Å². The number of amides is 2. The van der Waals surface area contributed by atoms with E-state index in [1.165, 1.54) is 0 Å². The summed E-state index contributed by atoms with van der Waals surface area (Å²) in [6, 6.07) is 0. The zero-order chi connectivity index (χ0) is 20.1. The number of hydrogen-bond donors (Lipinski definition) is 1. The molecule has 3 aromatic rings. The van der Waals surface area contributed by atoms with Gasteiger partial charge in [0.05, 0.1) is 11.3 Å². The number of nitrogens with zero attached hydrogens (tertiary/aromatic N) is 5. The molecule has 2 aliphatic rings. The number of fused-ring (bicyclic) bond motifs is 2. The molecular formula is C20H22N6O3. The topological polar surface area (TPSA) is 106 Å². The van der Waals surface area contributed by atoms with Crippen LogP contribution >= 0.6 is 0 Å². The highest BCUT2D eigenvalue weighted by atomic mass is 16.4. The molecule has 3 aromatic heterocycles. The maximum Gasteiger partial charge on any atom is 0.291 e. The number of hydrogen-bond acceptors (Lipinski definition) is 6. The lowest BCUT2D eigenvalue weighted by molar-refractivity contribution is 0.0733. The predicted octanol–water partition coefficient (Wildman–Crippen LogP) is 1.47. The highest BCUT2D eigenvalue weighted by Gasteiger charge is 2.56. The lowest BCUT2D eigenvalue weighted by Crippen LogP contribution is -2.32. The highest BCUT2D eigenvalue weighted by Crippen LogP contribution is 2.53. The Morgan fingerprint density at radius 3 is 2.76 bits per heavy atom. The lowest BCUT2D eigenvalue weighted by atomic mass is 10.2. The van der Waals surface area contributed by atoms with Gasteiger partial charge in [0.1, 0.15) is 0 Å². The molecule has 0 radical (unpaired) electrons. The second kappa shape index (κ2) is 6.68. The van der Waals surface area contributed by atoms with E-state index in [2.05, 4.69) is 20.3 Å². The van der Waals surface area contributed by atoms with E-state index in [0.29, 0.717) is 53.0 Å². The predicted molar refractivity (Wildman–Crippen MR) is 102 cm³/mol. The van der Waals surface area contributed by atoms with Gasteiger partial charge in [0.2, 0.25) is 11.5 Å². The van der Waals surface area contributed by atoms with Crippen LogP contribution in [-0.2, 0) is 0 Å². The van der Waals surface area contributed by atoms with Crippen LogP contribution in [0.4, 0.5) is 0 Å². The number of carbonyl (C=O) groups excluding carboxylic acids is 2. The fourth-order valence-electron chi connectivity index (χ4n) is 4.50. The van der Waals surface area contributed by atoms with Crippen LogP contribution in [0.15, 0.2) is 29.2 Å². The van der Waals surface area contributed by atoms with Gasteiger partial charge in [0.15, 0.2) is 5.89 Å². The average Bonchev–Trinajstić information content (AvgIpc) is 3.14. The zero-order valence-electron chi connectivity index (χ0n) is 16.3. The van der Waals surface area contributed by atoms with E-state index in [-0.39, 0.29) is 11.8 Å². The minimum atomic E-state index is -0.133. The first-order valence-corrected chi connectivity index (χ1v) is 9.81. The summed E-state index contributed by atoms with van der Waals surface area (Å²) in [5.74, 6) is 2.85. The Bertz CT molecular complexity index is 1090. The molecule has 9 nitrogen and oxygen atoms in total. The van der Waals surface area contributed by atoms with E-state index >= 15 is 0 Å². The summed E-state index contributed by atoms with van der Waals surface area (Å²) < 4.78 is 7.19. The third-order valence-electron chi connectivity index (χ3n) is 6.03. The highest BCUT2D eigenvalue weighted by molar-refractivity contribution is 5.94. The molecule has 2 amide bonds. The van der Waals surface area contributed by atoms with Crippen molar-refractivity contribution >= 4 is 17.6 Å². The summed E-state index contributed by atoms with van der Waals surface area (Å²) in [6.07, 6.45) is 7.60. The van der Waals surface area contributed by atoms with Crippen LogP contribution in [0, 0.1) is 31.6 Å². The normalized spacial score (nSPS) is 22.7. The van der Waals surface area contributed by atoms with Crippen LogP contribution in [0.1, 0.15) is 38.9 Å². The van der Waals surface area contributed by atoms with E-state index in [9.17, 15) is 9.59 Å². The van der Waals surface area contributed by atoms with Crippen molar-refractivity contribution in [1.29, 1.82) is 0 Å². The minimum Gasteiger partial charge on any atom is -0.436 e. The van der Waals surface area contributed by atoms with Crippen molar-refractivity contribution in [2.24, 2.45) is 17.8 Å². The van der Waals surface area contributed by atoms with E-state index in [1.54, 1.807) is 43.0 Å². The maximum absolute atomic E-state index is 12.6. The van der Waals surface area contributed by atoms with E-state index < -0.39 is 0 Å². The summed E-state index contributed by atoms with van der Waals surface area (Å²) in [4.78, 5) is 39.2. The van der Waals surface area contributed by atoms with Gasteiger partial charge in [0.25, 0.3) is 11.8 Å². The number of likely N-dealkylation sites (tertiary alicyclic amines) is 1. The minimum absolute atomic E-state index is 0.0650. The van der Waals surface area contributed by atoms with Gasteiger partial charge in [-0.25, -0.2) is 15.0 Å². The van der Waals surface area contributed by atoms with Crippen molar-refractivity contribution in [2.45, 2.75) is 20.3 Å². The molecule has 150 valence electrons. The number of imidazole rings is 1. The van der Waals surface area contributed by atoms with Crippen LogP contribution in [0.3, 0.4) is 0 Å². The molecule has 3 atom stereocenters. The molecule has 1 saturated heterocycles. The molecule has 29 heavy (non-hydrogen) atoms. The Balaban J connectivity index is 1.10. The van der Waals surface area contributed by atoms with Crippen LogP contribution in [0.2, 0.25) is 0 Å². The van der Waals surface area contributed by atoms with Gasteiger partial charge in [-0.3, -0.25) is 14.0 Å². The lowest BCUT2D eigenvalue weighted by Gasteiger charge is -2.18. The summed E-state index contributed by atoms with van der Waals surface area (Å²) in [7, 11) is 0. The van der Waals surface area contributed by atoms with Crippen LogP contribution in [0.25, 0.3) is 5.78 Å². The maximum atomic E-state index is 12.6. The Labute approximate surface area is 167 Å². The van der Waals surface area contributed by atoms with Gasteiger partial charge in [0, 0.05) is 51.3 Å². The molecule has 1 aliphatic heterocycles. The quantitative estimate of drug-likeness (QED) is 0.703. The molecule has 0 aromatic carbocycles. The van der Waals surface area contributed by atoms with Gasteiger partial charge in [-0.2, -0.15) is 0 Å². The molecule has 0 bridgehead atoms. The van der Waals surface area contributed by atoms with E-state index in [4.69, 9.17) is 4.42 Å². The monoisotopic (exact) mass is 394 g/mol. The first-order chi connectivity index (χ1) is 14.0. The molecule has 9 heteroatoms. The molecule has 1 saturated carbocycles. The number of nitrogens with one attached hydrogen (secondary N) is 1. The largest absolute Gasteiger partial charge is 0.436 e. The van der Waals surface area contributed by atoms with Crippen molar-refractivity contribution in [3.05, 3.63) is 47.7 Å². The Morgan fingerprint density at radius 1 is 1.24 bits per heavy atom. The molecule has 1 N–H and O–H groups in total. The summed E-state index contributed by atoms with van der Waals surface area (Å²) >= 11 is 0. The van der Waals surface area contributed by atoms with E-state index in [0.717, 1.165) is 19.5 Å². The standard InChI is InChI=1S/C20H22N6O3/c1-11-17(29-12(2)24-11)19(28)26-9-15-14(16(15)10-26)3-4-21-18(27)13-7-23-20-22-5-6-25(20)8-13/h5-8,14-16H,3-4,9-10H2,1-2H3,(H,21,27)/t14-,15-,16+. The Morgan fingerprint density at radius 2 is 2.03 bits per heavy atom. The van der Waals surface area contributed by atoms with Crippen molar-refractivity contribution < 1.29 is 14.0 Å². The average molecular weight is 394 g/mol. The summed E-state index contributed by atoms with van der Waals surface area (Å²) in [6.45, 7) is 5.67. The molecule has 1 aliphatic carbocycles. The number of piperidine rings is 1. The fraction of sp³-hybridized carbons (Fsp3) is 0.450. The second-order valence-corrected chi connectivity index (χ2v) is 7.87. The number of aromatic nitrogens is 4. The molecule has 4 heterocycles. The second-order valence-electron chi connectivity index (χ2n) is 7.87. The third-order valence-corrected chi connectivity index (χ3v) is 6.03. The molecule has 5 rings (SSSR count). The van der Waals surface area contributed by atoms with Crippen LogP contribution < -0.4 is 5.32 Å². The van der Waals surface area contributed by atoms with Crippen molar-refractivity contribution in [2.75, 3.05) is 19.6 Å². The zero-order valence-corrected chi connectivity index (χ0v) is 16.3. The fourth-order valence-corrected chi connectivity index (χ4v) is 4.50. The molecule has 0 spiro atoms. The number of oxazole rings is 1. The summed E-state index contributed by atoms with van der Waals surface area (Å²) in [5, 5.41) is 2.97.